The van der Waals surface area contributed by atoms with Crippen molar-refractivity contribution in [3.63, 3.8) is 0 Å². The van der Waals surface area contributed by atoms with E-state index in [1.54, 1.807) is 13.2 Å². The fourth-order valence-corrected chi connectivity index (χ4v) is 4.38. The van der Waals surface area contributed by atoms with Crippen molar-refractivity contribution < 1.29 is 4.79 Å². The van der Waals surface area contributed by atoms with Crippen molar-refractivity contribution in [2.75, 3.05) is 18.8 Å². The summed E-state index contributed by atoms with van der Waals surface area (Å²) >= 11 is 1.36. The zero-order chi connectivity index (χ0) is 18.8. The third kappa shape index (κ3) is 3.42. The molecule has 0 N–H and O–H groups in total. The van der Waals surface area contributed by atoms with Crippen LogP contribution in [0, 0.1) is 6.92 Å². The summed E-state index contributed by atoms with van der Waals surface area (Å²) in [6, 6.07) is 0. The minimum atomic E-state index is -0.407. The molecule has 0 radical (unpaired) electrons. The van der Waals surface area contributed by atoms with E-state index in [4.69, 9.17) is 0 Å². The summed E-state index contributed by atoms with van der Waals surface area (Å²) in [5.74, 6) is 0.384. The predicted molar refractivity (Wildman–Crippen MR) is 103 cm³/mol. The van der Waals surface area contributed by atoms with E-state index >= 15 is 0 Å². The van der Waals surface area contributed by atoms with Crippen LogP contribution in [-0.4, -0.2) is 43.8 Å². The molecule has 1 amide bonds. The maximum atomic E-state index is 12.7. The van der Waals surface area contributed by atoms with Gasteiger partial charge in [0.2, 0.25) is 5.91 Å². The molecular formula is C18H24N4O3S. The van der Waals surface area contributed by atoms with Gasteiger partial charge in [-0.15, -0.1) is 11.8 Å². The SMILES string of the molecule is Cc1cnc2c(c1SCC(=O)N1CCCCCC1)c(=O)n(C)c(=O)n2C. The average molecular weight is 376 g/mol. The van der Waals surface area contributed by atoms with Crippen LogP contribution in [-0.2, 0) is 18.9 Å². The molecule has 1 fully saturated rings. The molecule has 0 aromatic carbocycles. The number of hydrogen-bond donors (Lipinski definition) is 0. The molecule has 0 spiro atoms. The van der Waals surface area contributed by atoms with Crippen LogP contribution in [0.15, 0.2) is 20.7 Å². The minimum Gasteiger partial charge on any atom is -0.342 e. The summed E-state index contributed by atoms with van der Waals surface area (Å²) in [4.78, 5) is 44.3. The van der Waals surface area contributed by atoms with Gasteiger partial charge >= 0.3 is 5.69 Å². The molecule has 3 rings (SSSR count). The summed E-state index contributed by atoms with van der Waals surface area (Å²) < 4.78 is 2.46. The zero-order valence-corrected chi connectivity index (χ0v) is 16.3. The molecule has 0 aliphatic carbocycles. The lowest BCUT2D eigenvalue weighted by molar-refractivity contribution is -0.128. The third-order valence-electron chi connectivity index (χ3n) is 4.90. The van der Waals surface area contributed by atoms with Crippen molar-refractivity contribution in [2.24, 2.45) is 14.1 Å². The highest BCUT2D eigenvalue weighted by molar-refractivity contribution is 8.00. The van der Waals surface area contributed by atoms with Gasteiger partial charge < -0.3 is 4.90 Å². The Kier molecular flexibility index (Phi) is 5.50. The van der Waals surface area contributed by atoms with Gasteiger partial charge in [0.15, 0.2) is 0 Å². The van der Waals surface area contributed by atoms with Crippen molar-refractivity contribution in [1.82, 2.24) is 19.0 Å². The van der Waals surface area contributed by atoms with Gasteiger partial charge in [0.1, 0.15) is 5.65 Å². The van der Waals surface area contributed by atoms with Gasteiger partial charge in [0, 0.05) is 38.3 Å². The number of aromatic nitrogens is 3. The Morgan fingerprint density at radius 2 is 1.77 bits per heavy atom. The van der Waals surface area contributed by atoms with Crippen molar-refractivity contribution >= 4 is 28.7 Å². The number of nitrogens with zero attached hydrogens (tertiary/aromatic N) is 4. The molecule has 0 unspecified atom stereocenters. The Morgan fingerprint density at radius 3 is 2.42 bits per heavy atom. The van der Waals surface area contributed by atoms with Crippen LogP contribution in [0.5, 0.6) is 0 Å². The molecule has 1 aliphatic heterocycles. The van der Waals surface area contributed by atoms with Gasteiger partial charge in [-0.2, -0.15) is 0 Å². The molecule has 3 heterocycles. The van der Waals surface area contributed by atoms with Crippen molar-refractivity contribution in [1.29, 1.82) is 0 Å². The lowest BCUT2D eigenvalue weighted by atomic mass is 10.2. The van der Waals surface area contributed by atoms with E-state index in [0.717, 1.165) is 41.0 Å². The molecule has 1 aliphatic rings. The number of carbonyl (C=O) groups is 1. The molecule has 2 aromatic rings. The first-order valence-corrected chi connectivity index (χ1v) is 9.86. The topological polar surface area (TPSA) is 77.2 Å². The Hall–Kier alpha value is -2.09. The standard InChI is InChI=1S/C18H24N4O3S/c1-12-10-19-16-14(17(24)21(3)18(25)20(16)2)15(12)26-11-13(23)22-8-6-4-5-7-9-22/h10H,4-9,11H2,1-3H3. The smallest absolute Gasteiger partial charge is 0.332 e. The van der Waals surface area contributed by atoms with Crippen LogP contribution in [0.4, 0.5) is 0 Å². The number of hydrogen-bond acceptors (Lipinski definition) is 5. The second-order valence-electron chi connectivity index (χ2n) is 6.76. The molecule has 0 saturated carbocycles. The van der Waals surface area contributed by atoms with Crippen LogP contribution >= 0.6 is 11.8 Å². The largest absolute Gasteiger partial charge is 0.342 e. The van der Waals surface area contributed by atoms with Crippen LogP contribution in [0.1, 0.15) is 31.2 Å². The van der Waals surface area contributed by atoms with E-state index in [9.17, 15) is 14.4 Å². The predicted octanol–water partition coefficient (Wildman–Crippen LogP) is 1.44. The quantitative estimate of drug-likeness (QED) is 0.758. The fraction of sp³-hybridized carbons (Fsp3) is 0.556. The lowest BCUT2D eigenvalue weighted by Crippen LogP contribution is -2.37. The van der Waals surface area contributed by atoms with Crippen molar-refractivity contribution in [2.45, 2.75) is 37.5 Å². The Morgan fingerprint density at radius 1 is 1.12 bits per heavy atom. The molecule has 1 saturated heterocycles. The highest BCUT2D eigenvalue weighted by atomic mass is 32.2. The van der Waals surface area contributed by atoms with Crippen LogP contribution in [0.2, 0.25) is 0 Å². The zero-order valence-electron chi connectivity index (χ0n) is 15.4. The Labute approximate surface area is 156 Å². The first-order valence-electron chi connectivity index (χ1n) is 8.87. The number of pyridine rings is 1. The number of fused-ring (bicyclic) bond motifs is 1. The number of amides is 1. The van der Waals surface area contributed by atoms with E-state index in [2.05, 4.69) is 4.98 Å². The second-order valence-corrected chi connectivity index (χ2v) is 7.74. The Balaban J connectivity index is 1.95. The molecular weight excluding hydrogens is 352 g/mol. The van der Waals surface area contributed by atoms with Crippen LogP contribution in [0.25, 0.3) is 11.0 Å². The number of carbonyl (C=O) groups excluding carboxylic acids is 1. The maximum Gasteiger partial charge on any atom is 0.332 e. The minimum absolute atomic E-state index is 0.0999. The maximum absolute atomic E-state index is 12.7. The van der Waals surface area contributed by atoms with E-state index < -0.39 is 5.69 Å². The van der Waals surface area contributed by atoms with Gasteiger partial charge in [-0.25, -0.2) is 9.78 Å². The van der Waals surface area contributed by atoms with E-state index in [1.807, 2.05) is 11.8 Å². The lowest BCUT2D eigenvalue weighted by Gasteiger charge is -2.20. The van der Waals surface area contributed by atoms with Crippen molar-refractivity contribution in [3.05, 3.63) is 32.6 Å². The molecule has 2 aromatic heterocycles. The highest BCUT2D eigenvalue weighted by Crippen LogP contribution is 2.28. The first kappa shape index (κ1) is 18.7. The number of likely N-dealkylation sites (tertiary alicyclic amines) is 1. The van der Waals surface area contributed by atoms with Gasteiger partial charge in [-0.3, -0.25) is 18.7 Å². The van der Waals surface area contributed by atoms with E-state index in [-0.39, 0.29) is 17.2 Å². The Bertz CT molecular complexity index is 956. The normalized spacial score (nSPS) is 15.3. The summed E-state index contributed by atoms with van der Waals surface area (Å²) in [5, 5.41) is 0.406. The van der Waals surface area contributed by atoms with Gasteiger partial charge in [-0.05, 0) is 25.3 Å². The molecule has 140 valence electrons. The van der Waals surface area contributed by atoms with Gasteiger partial charge in [0.05, 0.1) is 11.1 Å². The van der Waals surface area contributed by atoms with Gasteiger partial charge in [0.25, 0.3) is 5.56 Å². The molecule has 26 heavy (non-hydrogen) atoms. The van der Waals surface area contributed by atoms with Gasteiger partial charge in [-0.1, -0.05) is 12.8 Å². The fourth-order valence-electron chi connectivity index (χ4n) is 3.33. The summed E-state index contributed by atoms with van der Waals surface area (Å²) in [6.07, 6.45) is 6.11. The molecule has 0 atom stereocenters. The van der Waals surface area contributed by atoms with Crippen molar-refractivity contribution in [3.8, 4) is 0 Å². The van der Waals surface area contributed by atoms with Crippen LogP contribution in [0.3, 0.4) is 0 Å². The van der Waals surface area contributed by atoms with Crippen LogP contribution < -0.4 is 11.2 Å². The summed E-state index contributed by atoms with van der Waals surface area (Å²) in [6.45, 7) is 3.49. The second kappa shape index (κ2) is 7.65. The first-order chi connectivity index (χ1) is 12.4. The number of aryl methyl sites for hydroxylation is 2. The van der Waals surface area contributed by atoms with E-state index in [0.29, 0.717) is 11.0 Å². The molecule has 8 heteroatoms. The summed E-state index contributed by atoms with van der Waals surface area (Å²) in [5.41, 5.74) is 0.412. The molecule has 7 nitrogen and oxygen atoms in total. The monoisotopic (exact) mass is 376 g/mol. The number of rotatable bonds is 3. The summed E-state index contributed by atoms with van der Waals surface area (Å²) in [7, 11) is 3.06. The average Bonchev–Trinajstić information content (AvgIpc) is 2.92. The highest BCUT2D eigenvalue weighted by Gasteiger charge is 2.19. The number of thioether (sulfide) groups is 1. The van der Waals surface area contributed by atoms with E-state index in [1.165, 1.54) is 36.2 Å². The molecule has 0 bridgehead atoms. The third-order valence-corrected chi connectivity index (χ3v) is 6.10.